The van der Waals surface area contributed by atoms with E-state index >= 15 is 0 Å². The van der Waals surface area contributed by atoms with Crippen LogP contribution in [-0.2, 0) is 9.33 Å². The number of benzene rings is 1. The third kappa shape index (κ3) is 3.40. The van der Waals surface area contributed by atoms with E-state index in [1.54, 1.807) is 30.3 Å². The number of halogens is 1. The van der Waals surface area contributed by atoms with Crippen molar-refractivity contribution in [2.24, 2.45) is 0 Å². The zero-order valence-corrected chi connectivity index (χ0v) is 6.25. The van der Waals surface area contributed by atoms with Crippen LogP contribution in [0, 0.1) is 0 Å². The lowest BCUT2D eigenvalue weighted by molar-refractivity contribution is -0.144. The highest BCUT2D eigenvalue weighted by molar-refractivity contribution is 6.07. The molecule has 0 aliphatic heterocycles. The smallest absolute Gasteiger partial charge is 0.275 e. The van der Waals surface area contributed by atoms with Gasteiger partial charge < -0.3 is 0 Å². The molecule has 0 fully saturated rings. The molecule has 0 aromatic heterocycles. The van der Waals surface area contributed by atoms with Crippen LogP contribution in [0.3, 0.4) is 0 Å². The van der Waals surface area contributed by atoms with Crippen molar-refractivity contribution in [1.29, 1.82) is 0 Å². The fraction of sp³-hybridized carbons (Fsp3) is 0. The highest BCUT2D eigenvalue weighted by Gasteiger charge is 2.05. The molecule has 0 saturated heterocycles. The average molecular weight is 199 g/mol. The predicted octanol–water partition coefficient (Wildman–Crippen LogP) is 1.01. The number of hydrogen-bond acceptors (Lipinski definition) is 3. The monoisotopic (exact) mass is 198 g/mol. The summed E-state index contributed by atoms with van der Waals surface area (Å²) < 4.78 is 3.68. The first-order chi connectivity index (χ1) is 5.34. The lowest BCUT2D eigenvalue weighted by atomic mass is 10.2. The van der Waals surface area contributed by atoms with E-state index in [0.29, 0.717) is 5.56 Å². The van der Waals surface area contributed by atoms with Gasteiger partial charge in [0.05, 0.1) is 5.56 Å². The molecule has 1 aromatic rings. The fourth-order valence-electron chi connectivity index (χ4n) is 0.651. The molecule has 62 valence electrons. The quantitative estimate of drug-likeness (QED) is 0.405. The zero-order valence-electron chi connectivity index (χ0n) is 5.49. The van der Waals surface area contributed by atoms with Gasteiger partial charge in [0.2, 0.25) is 0 Å². The van der Waals surface area contributed by atoms with Gasteiger partial charge in [-0.1, -0.05) is 22.6 Å². The summed E-state index contributed by atoms with van der Waals surface area (Å²) in [4.78, 5) is 14.9. The normalized spacial score (nSPS) is 8.42. The Labute approximate surface area is 90.9 Å². The Morgan fingerprint density at radius 1 is 1.25 bits per heavy atom. The van der Waals surface area contributed by atoms with E-state index < -0.39 is 5.97 Å². The molecule has 0 aliphatic carbocycles. The van der Waals surface area contributed by atoms with E-state index in [2.05, 4.69) is 9.33 Å². The predicted molar refractivity (Wildman–Crippen MR) is 47.3 cm³/mol. The minimum absolute atomic E-state index is 0. The Kier molecular flexibility index (Phi) is 6.09. The largest absolute Gasteiger partial charge is 0.375 e. The van der Waals surface area contributed by atoms with Gasteiger partial charge in [-0.3, -0.25) is 4.89 Å². The Morgan fingerprint density at radius 2 is 1.83 bits per heavy atom. The number of carbonyl (C=O) groups is 1. The van der Waals surface area contributed by atoms with E-state index in [-0.39, 0.29) is 23.1 Å². The molecule has 0 N–H and O–H groups in total. The lowest BCUT2D eigenvalue weighted by Crippen LogP contribution is -2.01. The molecule has 3 nitrogen and oxygen atoms in total. The van der Waals surface area contributed by atoms with Gasteiger partial charge in [-0.15, -0.1) is 0 Å². The van der Waals surface area contributed by atoms with Gasteiger partial charge in [0.1, 0.15) is 11.9 Å². The lowest BCUT2D eigenvalue weighted by Gasteiger charge is -1.95. The fourth-order valence-corrected chi connectivity index (χ4v) is 0.708. The van der Waals surface area contributed by atoms with Crippen LogP contribution in [-0.4, -0.2) is 29.0 Å². The van der Waals surface area contributed by atoms with E-state index in [4.69, 9.17) is 11.9 Å². The molecule has 0 amide bonds. The molecule has 1 rings (SSSR count). The molecule has 0 aliphatic rings. The van der Waals surface area contributed by atoms with Crippen molar-refractivity contribution in [2.75, 3.05) is 0 Å². The zero-order chi connectivity index (χ0) is 8.10. The van der Waals surface area contributed by atoms with Crippen LogP contribution >= 0.6 is 11.9 Å². The van der Waals surface area contributed by atoms with Crippen molar-refractivity contribution >= 4 is 40.9 Å². The summed E-state index contributed by atoms with van der Waals surface area (Å²) in [6.45, 7) is 0. The van der Waals surface area contributed by atoms with Crippen molar-refractivity contribution in [1.82, 2.24) is 0 Å². The van der Waals surface area contributed by atoms with Crippen LogP contribution < -0.4 is 0 Å². The summed E-state index contributed by atoms with van der Waals surface area (Å²) in [6.07, 6.45) is 0. The highest BCUT2D eigenvalue weighted by Crippen LogP contribution is 2.01. The SMILES string of the molecule is O=C(OOCl)c1ccccc1.[MgH2]. The molecule has 0 saturated carbocycles. The third-order valence-corrected chi connectivity index (χ3v) is 1.18. The second kappa shape index (κ2) is 6.25. The van der Waals surface area contributed by atoms with Crippen molar-refractivity contribution in [2.45, 2.75) is 0 Å². The van der Waals surface area contributed by atoms with E-state index in [1.165, 1.54) is 0 Å². The van der Waals surface area contributed by atoms with Gasteiger partial charge in [-0.2, -0.15) is 0 Å². The molecule has 0 atom stereocenters. The summed E-state index contributed by atoms with van der Waals surface area (Å²) in [5, 5.41) is 0. The molecule has 0 bridgehead atoms. The molecule has 12 heavy (non-hydrogen) atoms. The van der Waals surface area contributed by atoms with Crippen molar-refractivity contribution < 1.29 is 14.1 Å². The Bertz CT molecular complexity index is 240. The number of rotatable bonds is 2. The van der Waals surface area contributed by atoms with Crippen LogP contribution in [0.4, 0.5) is 0 Å². The van der Waals surface area contributed by atoms with Gasteiger partial charge in [0, 0.05) is 0 Å². The van der Waals surface area contributed by atoms with Gasteiger partial charge in [-0.25, -0.2) is 4.79 Å². The van der Waals surface area contributed by atoms with Gasteiger partial charge in [0.15, 0.2) is 0 Å². The molecule has 0 radical (unpaired) electrons. The molecule has 5 heteroatoms. The maximum Gasteiger partial charge on any atom is 0.375 e. The topological polar surface area (TPSA) is 35.5 Å². The molecule has 0 unspecified atom stereocenters. The van der Waals surface area contributed by atoms with Gasteiger partial charge in [-0.05, 0) is 12.1 Å². The summed E-state index contributed by atoms with van der Waals surface area (Å²) in [5.41, 5.74) is 0.396. The van der Waals surface area contributed by atoms with Crippen molar-refractivity contribution in [3.8, 4) is 0 Å². The van der Waals surface area contributed by atoms with E-state index in [1.807, 2.05) is 0 Å². The maximum atomic E-state index is 10.8. The Morgan fingerprint density at radius 3 is 2.33 bits per heavy atom. The first kappa shape index (κ1) is 11.7. The second-order valence-corrected chi connectivity index (χ2v) is 1.93. The van der Waals surface area contributed by atoms with Crippen molar-refractivity contribution in [3.05, 3.63) is 35.9 Å². The summed E-state index contributed by atoms with van der Waals surface area (Å²) in [7, 11) is 0. The third-order valence-electron chi connectivity index (χ3n) is 1.12. The minimum Gasteiger partial charge on any atom is -0.275 e. The van der Waals surface area contributed by atoms with E-state index in [9.17, 15) is 4.79 Å². The number of hydrogen-bond donors (Lipinski definition) is 0. The minimum atomic E-state index is -0.611. The van der Waals surface area contributed by atoms with Crippen LogP contribution in [0.5, 0.6) is 0 Å². The Hall–Kier alpha value is -0.294. The van der Waals surface area contributed by atoms with Crippen LogP contribution in [0.1, 0.15) is 10.4 Å². The van der Waals surface area contributed by atoms with Gasteiger partial charge >= 0.3 is 29.0 Å². The molecular weight excluding hydrogens is 192 g/mol. The standard InChI is InChI=1S/C7H5ClO3.Mg.2H/c8-11-10-7(9)6-4-2-1-3-5-6;;;/h1-5H;;;. The number of carbonyl (C=O) groups excluding carboxylic acids is 1. The molecule has 0 heterocycles. The summed E-state index contributed by atoms with van der Waals surface area (Å²) in [5.74, 6) is -0.611. The van der Waals surface area contributed by atoms with Crippen LogP contribution in [0.15, 0.2) is 30.3 Å². The summed E-state index contributed by atoms with van der Waals surface area (Å²) in [6, 6.07) is 8.41. The maximum absolute atomic E-state index is 10.8. The first-order valence-electron chi connectivity index (χ1n) is 2.89. The van der Waals surface area contributed by atoms with E-state index in [0.717, 1.165) is 0 Å². The second-order valence-electron chi connectivity index (χ2n) is 1.80. The van der Waals surface area contributed by atoms with Crippen molar-refractivity contribution in [3.63, 3.8) is 0 Å². The van der Waals surface area contributed by atoms with Crippen LogP contribution in [0.2, 0.25) is 0 Å². The van der Waals surface area contributed by atoms with Gasteiger partial charge in [0.25, 0.3) is 0 Å². The van der Waals surface area contributed by atoms with Crippen LogP contribution in [0.25, 0.3) is 0 Å². The molecular formula is C7H7ClMgO3. The Balaban J connectivity index is 0.00000121. The molecule has 0 spiro atoms. The first-order valence-corrected chi connectivity index (χ1v) is 3.20. The molecule has 1 aromatic carbocycles. The summed E-state index contributed by atoms with van der Waals surface area (Å²) >= 11 is 4.70. The average Bonchev–Trinajstić information content (AvgIpc) is 2.07. The highest BCUT2D eigenvalue weighted by atomic mass is 35.5.